The fourth-order valence-corrected chi connectivity index (χ4v) is 2.23. The number of rotatable bonds is 6. The number of ether oxygens (including phenoxy) is 1. The molecule has 0 radical (unpaired) electrons. The molecular formula is C17H15F5N2O3. The van der Waals surface area contributed by atoms with Gasteiger partial charge < -0.3 is 14.2 Å². The minimum atomic E-state index is -4.63. The lowest BCUT2D eigenvalue weighted by molar-refractivity contribution is -0.138. The third-order valence-corrected chi connectivity index (χ3v) is 3.61. The average molecular weight is 390 g/mol. The quantitative estimate of drug-likeness (QED) is 0.713. The number of alkyl halides is 5. The number of aromatic nitrogens is 1. The Morgan fingerprint density at radius 1 is 1.15 bits per heavy atom. The van der Waals surface area contributed by atoms with Gasteiger partial charge in [-0.15, -0.1) is 0 Å². The van der Waals surface area contributed by atoms with E-state index in [4.69, 9.17) is 0 Å². The fraction of sp³-hybridized carbons (Fsp3) is 0.294. The average Bonchev–Trinajstić information content (AvgIpc) is 2.57. The molecule has 27 heavy (non-hydrogen) atoms. The molecular weight excluding hydrogens is 375 g/mol. The largest absolute Gasteiger partial charge is 0.435 e. The Hall–Kier alpha value is -2.91. The summed E-state index contributed by atoms with van der Waals surface area (Å²) in [5, 5.41) is 0. The Balaban J connectivity index is 2.04. The van der Waals surface area contributed by atoms with Crippen LogP contribution in [-0.2, 0) is 24.1 Å². The highest BCUT2D eigenvalue weighted by Gasteiger charge is 2.31. The molecule has 0 spiro atoms. The first-order valence-electron chi connectivity index (χ1n) is 7.61. The predicted octanol–water partition coefficient (Wildman–Crippen LogP) is 3.13. The summed E-state index contributed by atoms with van der Waals surface area (Å²) in [6.07, 6.45) is -4.04. The molecule has 1 amide bonds. The van der Waals surface area contributed by atoms with Gasteiger partial charge in [-0.25, -0.2) is 0 Å². The minimum Gasteiger partial charge on any atom is -0.435 e. The van der Waals surface area contributed by atoms with E-state index in [0.717, 1.165) is 6.07 Å². The van der Waals surface area contributed by atoms with Crippen molar-refractivity contribution in [3.8, 4) is 5.75 Å². The first-order valence-corrected chi connectivity index (χ1v) is 7.61. The first kappa shape index (κ1) is 20.4. The van der Waals surface area contributed by atoms with Crippen LogP contribution in [0.3, 0.4) is 0 Å². The fourth-order valence-electron chi connectivity index (χ4n) is 2.23. The van der Waals surface area contributed by atoms with Gasteiger partial charge in [0.05, 0.1) is 5.56 Å². The Kier molecular flexibility index (Phi) is 6.19. The summed E-state index contributed by atoms with van der Waals surface area (Å²) in [7, 11) is 1.41. The second-order valence-electron chi connectivity index (χ2n) is 5.65. The van der Waals surface area contributed by atoms with Crippen molar-refractivity contribution in [2.45, 2.75) is 25.9 Å². The van der Waals surface area contributed by atoms with Crippen LogP contribution in [0, 0.1) is 0 Å². The summed E-state index contributed by atoms with van der Waals surface area (Å²) in [4.78, 5) is 25.1. The smallest absolute Gasteiger partial charge is 0.417 e. The van der Waals surface area contributed by atoms with E-state index in [9.17, 15) is 31.5 Å². The van der Waals surface area contributed by atoms with E-state index in [1.165, 1.54) is 36.2 Å². The van der Waals surface area contributed by atoms with Crippen molar-refractivity contribution in [2.24, 2.45) is 0 Å². The first-order chi connectivity index (χ1) is 12.6. The van der Waals surface area contributed by atoms with Gasteiger partial charge in [0.1, 0.15) is 12.3 Å². The van der Waals surface area contributed by atoms with Crippen molar-refractivity contribution in [1.82, 2.24) is 9.47 Å². The van der Waals surface area contributed by atoms with E-state index in [1.807, 2.05) is 0 Å². The van der Waals surface area contributed by atoms with E-state index in [-0.39, 0.29) is 12.3 Å². The molecule has 5 nitrogen and oxygen atoms in total. The minimum absolute atomic E-state index is 0.0433. The normalized spacial score (nSPS) is 11.5. The molecule has 1 heterocycles. The van der Waals surface area contributed by atoms with Crippen LogP contribution in [0.4, 0.5) is 22.0 Å². The lowest BCUT2D eigenvalue weighted by atomic mass is 10.2. The second kappa shape index (κ2) is 8.19. The summed E-state index contributed by atoms with van der Waals surface area (Å²) >= 11 is 0. The maximum atomic E-state index is 12.7. The molecule has 0 fully saturated rings. The molecule has 2 rings (SSSR count). The zero-order valence-electron chi connectivity index (χ0n) is 14.0. The summed E-state index contributed by atoms with van der Waals surface area (Å²) in [5.41, 5.74) is -1.19. The molecule has 2 aromatic rings. The Morgan fingerprint density at radius 2 is 1.78 bits per heavy atom. The van der Waals surface area contributed by atoms with Gasteiger partial charge in [-0.05, 0) is 23.8 Å². The Labute approximate surface area is 150 Å². The number of carbonyl (C=O) groups excluding carboxylic acids is 1. The Bertz CT molecular complexity index is 847. The lowest BCUT2D eigenvalue weighted by Gasteiger charge is -2.18. The zero-order chi connectivity index (χ0) is 20.2. The third kappa shape index (κ3) is 5.80. The summed E-state index contributed by atoms with van der Waals surface area (Å²) in [5.74, 6) is -0.637. The molecule has 1 aromatic carbocycles. The van der Waals surface area contributed by atoms with Gasteiger partial charge in [0, 0.05) is 25.9 Å². The number of amides is 1. The highest BCUT2D eigenvalue weighted by Crippen LogP contribution is 2.28. The zero-order valence-corrected chi connectivity index (χ0v) is 14.0. The van der Waals surface area contributed by atoms with Crippen molar-refractivity contribution in [2.75, 3.05) is 7.05 Å². The van der Waals surface area contributed by atoms with E-state index in [1.54, 1.807) is 0 Å². The van der Waals surface area contributed by atoms with Crippen LogP contribution in [-0.4, -0.2) is 29.0 Å². The second-order valence-corrected chi connectivity index (χ2v) is 5.65. The maximum Gasteiger partial charge on any atom is 0.417 e. The molecule has 0 N–H and O–H groups in total. The van der Waals surface area contributed by atoms with Gasteiger partial charge in [-0.3, -0.25) is 9.59 Å². The molecule has 146 valence electrons. The molecule has 0 unspecified atom stereocenters. The summed E-state index contributed by atoms with van der Waals surface area (Å²) < 4.78 is 67.3. The number of likely N-dealkylation sites (N-methyl/N-ethyl adjacent to an activating group) is 1. The molecule has 0 aliphatic heterocycles. The number of nitrogens with zero attached hydrogens (tertiary/aromatic N) is 2. The monoisotopic (exact) mass is 390 g/mol. The van der Waals surface area contributed by atoms with Crippen LogP contribution in [0.2, 0.25) is 0 Å². The highest BCUT2D eigenvalue weighted by molar-refractivity contribution is 5.75. The number of pyridine rings is 1. The van der Waals surface area contributed by atoms with E-state index in [2.05, 4.69) is 4.74 Å². The number of hydrogen-bond acceptors (Lipinski definition) is 3. The highest BCUT2D eigenvalue weighted by atomic mass is 19.4. The van der Waals surface area contributed by atoms with E-state index < -0.39 is 36.4 Å². The van der Waals surface area contributed by atoms with Crippen molar-refractivity contribution >= 4 is 5.91 Å². The molecule has 0 aliphatic carbocycles. The standard InChI is InChI=1S/C17H15F5N2O3/c1-23(8-11-2-5-13(6-3-11)27-16(18)19)15(26)10-24-9-12(17(20,21)22)4-7-14(24)25/h2-7,9,16H,8,10H2,1H3. The van der Waals surface area contributed by atoms with E-state index in [0.29, 0.717) is 22.4 Å². The molecule has 0 atom stereocenters. The van der Waals surface area contributed by atoms with Crippen molar-refractivity contribution < 1.29 is 31.5 Å². The van der Waals surface area contributed by atoms with Crippen molar-refractivity contribution in [1.29, 1.82) is 0 Å². The van der Waals surface area contributed by atoms with Crippen LogP contribution >= 0.6 is 0 Å². The maximum absolute atomic E-state index is 12.7. The summed E-state index contributed by atoms with van der Waals surface area (Å²) in [6.45, 7) is -3.45. The number of carbonyl (C=O) groups is 1. The molecule has 0 bridgehead atoms. The summed E-state index contributed by atoms with van der Waals surface area (Å²) in [6, 6.07) is 6.94. The third-order valence-electron chi connectivity index (χ3n) is 3.61. The van der Waals surface area contributed by atoms with Gasteiger partial charge in [-0.1, -0.05) is 12.1 Å². The molecule has 0 saturated heterocycles. The van der Waals surface area contributed by atoms with Crippen LogP contribution in [0.5, 0.6) is 5.75 Å². The van der Waals surface area contributed by atoms with Gasteiger partial charge in [-0.2, -0.15) is 22.0 Å². The van der Waals surface area contributed by atoms with Crippen LogP contribution in [0.1, 0.15) is 11.1 Å². The van der Waals surface area contributed by atoms with Gasteiger partial charge in [0.25, 0.3) is 5.56 Å². The number of halogens is 5. The topological polar surface area (TPSA) is 51.5 Å². The SMILES string of the molecule is CN(Cc1ccc(OC(F)F)cc1)C(=O)Cn1cc(C(F)(F)F)ccc1=O. The molecule has 1 aromatic heterocycles. The van der Waals surface area contributed by atoms with Crippen LogP contribution in [0.15, 0.2) is 47.4 Å². The molecule has 10 heteroatoms. The van der Waals surface area contributed by atoms with Crippen molar-refractivity contribution in [3.63, 3.8) is 0 Å². The number of hydrogen-bond donors (Lipinski definition) is 0. The molecule has 0 saturated carbocycles. The van der Waals surface area contributed by atoms with Gasteiger partial charge >= 0.3 is 12.8 Å². The van der Waals surface area contributed by atoms with Gasteiger partial charge in [0.15, 0.2) is 0 Å². The van der Waals surface area contributed by atoms with Crippen LogP contribution in [0.25, 0.3) is 0 Å². The lowest BCUT2D eigenvalue weighted by Crippen LogP contribution is -2.33. The predicted molar refractivity (Wildman–Crippen MR) is 85.3 cm³/mol. The Morgan fingerprint density at radius 3 is 2.33 bits per heavy atom. The van der Waals surface area contributed by atoms with Gasteiger partial charge in [0.2, 0.25) is 5.91 Å². The number of benzene rings is 1. The molecule has 0 aliphatic rings. The van der Waals surface area contributed by atoms with E-state index >= 15 is 0 Å². The van der Waals surface area contributed by atoms with Crippen molar-refractivity contribution in [3.05, 3.63) is 64.1 Å². The van der Waals surface area contributed by atoms with Crippen LogP contribution < -0.4 is 10.3 Å².